The van der Waals surface area contributed by atoms with Crippen molar-refractivity contribution in [2.24, 2.45) is 11.8 Å². The minimum Gasteiger partial charge on any atom is -0.508 e. The molecule has 17 atom stereocenters. The molecule has 17 bridgehead atoms. The zero-order valence-electron chi connectivity index (χ0n) is 161. The lowest BCUT2D eigenvalue weighted by Crippen LogP contribution is -2.66. The Morgan fingerprint density at radius 3 is 2.16 bits per heavy atom. The van der Waals surface area contributed by atoms with Crippen molar-refractivity contribution in [2.75, 3.05) is 40.5 Å². The highest BCUT2D eigenvalue weighted by molar-refractivity contribution is 6.33. The molecule has 7 heterocycles. The fourth-order valence-electron chi connectivity index (χ4n) is 10.3. The van der Waals surface area contributed by atoms with Gasteiger partial charge in [-0.3, -0.25) is 43.2 Å². The van der Waals surface area contributed by atoms with E-state index >= 15 is 43.2 Å². The van der Waals surface area contributed by atoms with E-state index in [1.54, 1.807) is 0 Å². The highest BCUT2D eigenvalue weighted by Gasteiger charge is 2.53. The number of aliphatic carboxylic acids is 1. The third-order valence-corrected chi connectivity index (χ3v) is 16.5. The maximum absolute atomic E-state index is 19.1. The van der Waals surface area contributed by atoms with Crippen molar-refractivity contribution in [1.29, 1.82) is 15.7 Å². The largest absolute Gasteiger partial charge is 0.508 e. The van der Waals surface area contributed by atoms with Crippen molar-refractivity contribution in [3.8, 4) is 80.1 Å². The van der Waals surface area contributed by atoms with E-state index in [1.807, 2.05) is 0 Å². The molecule has 36 nitrogen and oxygen atoms in total. The second kappa shape index (κ2) is 40.2. The third-order valence-electron chi connectivity index (χ3n) is 15.8. The molecular weight excluding hydrogens is 1710 g/mol. The van der Waals surface area contributed by atoms with Crippen LogP contribution in [0, 0.1) is 11.8 Å². The van der Waals surface area contributed by atoms with E-state index in [4.69, 9.17) is 111 Å². The zero-order chi connectivity index (χ0) is 177. The van der Waals surface area contributed by atoms with E-state index in [2.05, 4.69) is 56.2 Å². The van der Waals surface area contributed by atoms with Crippen LogP contribution in [0.5, 0.6) is 69.0 Å². The molecule has 15 rings (SSSR count). The number of halogens is 2. The Labute approximate surface area is 885 Å². The molecule has 20 N–H and O–H groups in total. The summed E-state index contributed by atoms with van der Waals surface area (Å²) in [6.07, 6.45) is -115. The fourth-order valence-corrected chi connectivity index (χ4v) is 10.6. The molecular formula is C90H104Cl2N10O26. The van der Waals surface area contributed by atoms with Crippen LogP contribution in [0.2, 0.25) is 22.8 Å². The lowest BCUT2D eigenvalue weighted by molar-refractivity contribution is -0.277. The van der Waals surface area contributed by atoms with E-state index in [9.17, 15) is 77.1 Å². The molecule has 2 fully saturated rings. The van der Waals surface area contributed by atoms with E-state index < -0.39 is 596 Å². The summed E-state index contributed by atoms with van der Waals surface area (Å²) < 4.78 is 965. The number of carbonyl (C=O) groups is 9. The summed E-state index contributed by atoms with van der Waals surface area (Å²) in [5.74, 6) is -82.6. The number of carboxylic acids is 1. The lowest BCUT2D eigenvalue weighted by Gasteiger charge is -2.47. The Hall–Kier alpha value is -11.8. The van der Waals surface area contributed by atoms with Crippen LogP contribution in [0.15, 0.2) is 115 Å². The Bertz CT molecular complexity index is 10200. The molecule has 7 aromatic rings. The van der Waals surface area contributed by atoms with Crippen LogP contribution >= 0.6 is 23.2 Å². The highest BCUT2D eigenvalue weighted by Crippen LogP contribution is 2.51. The lowest BCUT2D eigenvalue weighted by atomic mass is 9.72. The van der Waals surface area contributed by atoms with E-state index in [0.29, 0.717) is 0 Å². The van der Waals surface area contributed by atoms with Gasteiger partial charge in [-0.25, -0.2) is 0 Å². The average molecular weight is 1910 g/mol. The van der Waals surface area contributed by atoms with Crippen LogP contribution in [-0.4, -0.2) is 229 Å². The van der Waals surface area contributed by atoms with Crippen LogP contribution in [0.3, 0.4) is 0 Å². The van der Waals surface area contributed by atoms with Gasteiger partial charge in [-0.15, -0.1) is 0 Å². The first-order chi connectivity index (χ1) is 101. The van der Waals surface area contributed by atoms with Crippen LogP contribution < -0.4 is 71.5 Å². The van der Waals surface area contributed by atoms with E-state index in [0.717, 1.165) is 0 Å². The molecule has 1 saturated heterocycles. The number of likely N-dealkylation sites (N-methyl/N-ethyl adjacent to an activating group) is 1. The number of ether oxygens (including phenoxy) is 6. The smallest absolute Gasteiger partial charge is 0.306 e. The minimum atomic E-state index is -7.09. The number of nitrogens with zero attached hydrogens (tertiary/aromatic N) is 1. The van der Waals surface area contributed by atoms with Crippen LogP contribution in [-0.2, 0) is 54.3 Å². The van der Waals surface area contributed by atoms with Crippen molar-refractivity contribution in [3.63, 3.8) is 0 Å². The summed E-state index contributed by atoms with van der Waals surface area (Å²) in [6.45, 7) is -42.1. The predicted octanol–water partition coefficient (Wildman–Crippen LogP) is 6.25. The summed E-state index contributed by atoms with van der Waals surface area (Å²) in [4.78, 5) is 156. The van der Waals surface area contributed by atoms with Gasteiger partial charge in [-0.1, -0.05) is 105 Å². The van der Waals surface area contributed by atoms with Gasteiger partial charge in [0.15, 0.2) is 34.3 Å². The first kappa shape index (κ1) is 29.9. The Balaban J connectivity index is 1.43. The number of rotatable bonds is 32. The second-order valence-corrected chi connectivity index (χ2v) is 24.7. The van der Waals surface area contributed by atoms with Gasteiger partial charge in [0, 0.05) is 113 Å². The van der Waals surface area contributed by atoms with E-state index in [1.165, 1.54) is 0 Å². The number of phenols is 4. The number of amides is 8. The van der Waals surface area contributed by atoms with Crippen molar-refractivity contribution >= 4 is 76.4 Å². The number of carboxylic acid groups (broad SMARTS) is 1. The van der Waals surface area contributed by atoms with Crippen molar-refractivity contribution < 1.29 is 249 Å². The molecule has 0 spiro atoms. The Morgan fingerprint density at radius 1 is 0.688 bits per heavy atom. The maximum atomic E-state index is 19.1. The van der Waals surface area contributed by atoms with E-state index in [-0.39, 0.29) is 0 Å². The summed E-state index contributed by atoms with van der Waals surface area (Å²) in [7, 11) is 0. The number of fused-ring (bicyclic) bond motifs is 14. The van der Waals surface area contributed by atoms with Gasteiger partial charge in [0.2, 0.25) is 67.9 Å². The van der Waals surface area contributed by atoms with Gasteiger partial charge in [-0.05, 0) is 165 Å². The number of hydrogen-bond acceptors (Lipinski definition) is 28. The van der Waals surface area contributed by atoms with Gasteiger partial charge in [-0.2, -0.15) is 0 Å². The fraction of sp³-hybridized carbons (Fsp3) is 0.433. The number of phenolic OH excluding ortho intramolecular Hbond substituents is 4. The van der Waals surface area contributed by atoms with Gasteiger partial charge in [0.1, 0.15) is 122 Å². The van der Waals surface area contributed by atoms with Crippen molar-refractivity contribution in [1.82, 2.24) is 52.7 Å². The Kier molecular flexibility index (Phi) is 9.39. The number of aromatic hydroxyl groups is 4. The normalized spacial score (nSPS) is 49.2. The van der Waals surface area contributed by atoms with Crippen molar-refractivity contribution in [2.45, 2.75) is 194 Å². The number of hydrogen-bond donors (Lipinski definition) is 20. The Morgan fingerprint density at radius 2 is 1.41 bits per heavy atom. The molecule has 0 aromatic heterocycles. The molecule has 0 unspecified atom stereocenters. The molecule has 1 saturated carbocycles. The number of benzene rings is 7. The first-order valence-electron chi connectivity index (χ1n) is 81.3. The highest BCUT2D eigenvalue weighted by atomic mass is 35.5. The average Bonchev–Trinajstić information content (AvgIpc) is 0.658. The molecule has 8 amide bonds. The quantitative estimate of drug-likeness (QED) is 0.0221. The number of nitrogens with one attached hydrogen (secondary N) is 9. The summed E-state index contributed by atoms with van der Waals surface area (Å²) in [6, 6.07) is -102. The van der Waals surface area contributed by atoms with Gasteiger partial charge >= 0.3 is 5.97 Å². The summed E-state index contributed by atoms with van der Waals surface area (Å²) in [5.41, 5.74) is -34.9. The molecule has 8 aliphatic rings. The molecule has 7 aliphatic heterocycles. The van der Waals surface area contributed by atoms with Gasteiger partial charge in [0.25, 0.3) is 7.16 Å². The van der Waals surface area contributed by atoms with Crippen LogP contribution in [0.4, 0.5) is 0 Å². The topological polar surface area (TPSA) is 543 Å². The first-order valence-corrected chi connectivity index (χ1v) is 34.1. The standard InChI is InChI=1S/C90H104Cl2N10O26/c1-41(2)14-11-9-7-8-10-12-15-67(109)101-90(3)65(108)34-47(88(121)122)35-66(90)128-80-62-32-46-33-63(80)125-59-25-20-45(30-54(59)91)76(110)75-87(120)99-73(82(115)94-26-13-27-102(5)6)52-36-48(104)37-61(126-89-79(113)78(112)77(111)64(40-103)127-89)68(52)51-29-43(18-23-56(51)105)71(84(117)100-75)96-85(118)72(46)97-86(119)74-53-38-50(39-58(107)69(53)92)124-60-31-44(19-24-57(60)106)70(93-4)83(116)95-55(81(114)98-74)28-42-16-21-49(123-62)22-17-42/h16-25,29-33,36-39,41,47,55,64-66,70-79,89,93,103-108,110-113H,7-15,26-28,34-35,40H2,1-6H3,(H,94,115)(H,95,116)(H,96,118)(H,97,119)(H,98,114)(H,99,120)(H,100,117)(H,101,109)(H,121,122)/t47-,55-,64-,65+,66-,70-,71-,72-,73+,74+,75+,76-,77-,78+,79+,89+,90-/m1/s1/i1D3,2D3,4D3,5D3,6D3,7D2,8D2,9D2,10D2,11D2,12D2,13D2,14D2,15D2,16D,17D,18D,19D,20D,21D,22D,23D,24D,25D,26D2,27D2,28D2,29D,30D,31D,32D,33D,34D2,36D,37D,38D,39D,40D2,41D,47D,55D,64D,65D,66D,70D,71D,72D,73D,74D,75D,76D,77D,78D,79D,89D,103D,108D,110D,111D,112D,113D/hD14. The van der Waals surface area contributed by atoms with Crippen LogP contribution in [0.25, 0.3) is 12.6 Å². The number of carbonyl (C=O) groups excluding carboxylic acids is 8. The van der Waals surface area contributed by atoms with Gasteiger partial charge < -0.3 is 137 Å². The minimum absolute atomic E-state index is 0.705. The van der Waals surface area contributed by atoms with Gasteiger partial charge in [0.05, 0.1) is 82.1 Å². The molecule has 38 heteroatoms. The maximum Gasteiger partial charge on any atom is 0.306 e. The molecule has 684 valence electrons. The summed E-state index contributed by atoms with van der Waals surface area (Å²) >= 11 is 14.1. The molecule has 1 aliphatic carbocycles. The van der Waals surface area contributed by atoms with Crippen LogP contribution in [0.1, 0.15) is 274 Å². The number of aliphatic hydroxyl groups is 6. The third kappa shape index (κ3) is 21.0. The SMILES string of the molecule is [2H]OC(=O)[C@@]1([2H])C[C@@]([2H])(Oc2c3c([2H])c4c([2H])c2Oc2c([2H])c([2H])c(c([2H])c2Cl)[C@@]([2H])(O[2H])[C@@]2([2H])C(=O)N([2H])[C@]([2H])(C(=O)N([2H])C([2H])([2H])C([2H])([2H])C([2H])([2H])N(C([2H])([2H])[2H])C([2H])([2H])[2H])c5c([2H])c(O[2H])c([2H])c(O[C@@]6([2H])O[C@]([2H])(C([2H])([2H])O[2H])[C@@]([2H])(O[2H])[C@]([2H])(O[2H])[C@]6([2H])O[2H])c5-c5c([2H])c(c([2H])c([2H])c5O[2H])[C@]([2H])(C(=O)N2[2H])N([2H])C(=O)[C@]4([2H])N([2H])C(=O)[C@]2([2H])c4c([2H])c(c([2H])c(O[2H])c4Cl)Oc4c([2H])c(c([2H])c([2H])c4O[2H])[C@@]([2H])(N([2H])C([2H])([2H])[2H])C(=O)N([2H])[C@@]([2H])(C(=O)N2[2H])C([2H])([2H])c2c([2H])c([2H])c(c([2H])c2[2H])O3)[C@](C)(N([2H])C(=O)C([2H])([2H])C([2H])([2H])C([2H])([2H])C([2H])([2H])C([2H])([2H])C([2H])([2H])C([2H])([2H])C([2H])([2H])C([2H])(C([2H])([2H])[2H])C([2H])([2H])[2H])[C@@]([2H])(O[2H])C1([2H])[2H]. The predicted molar refractivity (Wildman–Crippen MR) is 459 cm³/mol. The summed E-state index contributed by atoms with van der Waals surface area (Å²) in [5, 5.41) is 21.8. The monoisotopic (exact) mass is 1910 g/mol. The molecule has 128 heavy (non-hydrogen) atoms. The van der Waals surface area contributed by atoms with Crippen molar-refractivity contribution in [3.05, 3.63) is 164 Å². The second-order valence-electron chi connectivity index (χ2n) is 23.9. The molecule has 0 radical (unpaired) electrons. The molecule has 7 aromatic carbocycles. The zero-order valence-corrected chi connectivity index (χ0v) is 63.1.